The van der Waals surface area contributed by atoms with Crippen LogP contribution in [0.25, 0.3) is 0 Å². The van der Waals surface area contributed by atoms with Gasteiger partial charge in [-0.2, -0.15) is 0 Å². The Morgan fingerprint density at radius 2 is 1.84 bits per heavy atom. The highest BCUT2D eigenvalue weighted by atomic mass is 32.1. The Kier molecular flexibility index (Phi) is 6.61. The number of aliphatic hydroxyl groups excluding tert-OH is 3. The highest BCUT2D eigenvalue weighted by Crippen LogP contribution is 2.42. The molecule has 1 saturated carbocycles. The molecule has 1 aliphatic carbocycles. The van der Waals surface area contributed by atoms with Gasteiger partial charge in [0.15, 0.2) is 0 Å². The predicted octanol–water partition coefficient (Wildman–Crippen LogP) is 2.91. The Balaban J connectivity index is 1.65. The molecule has 3 N–H and O–H groups in total. The zero-order chi connectivity index (χ0) is 17.9. The molecular formula is C19H29BO4S. The molecule has 1 aromatic heterocycles. The van der Waals surface area contributed by atoms with E-state index in [4.69, 9.17) is 12.6 Å². The predicted molar refractivity (Wildman–Crippen MR) is 100 cm³/mol. The number of aliphatic hydroxyl groups is 3. The number of hydrogen-bond donors (Lipinski definition) is 3. The summed E-state index contributed by atoms with van der Waals surface area (Å²) in [6.07, 6.45) is 6.81. The average Bonchev–Trinajstić information content (AvgIpc) is 3.02. The Labute approximate surface area is 155 Å². The summed E-state index contributed by atoms with van der Waals surface area (Å²) < 4.78 is 5.79. The molecule has 2 fully saturated rings. The second-order valence-electron chi connectivity index (χ2n) is 7.80. The summed E-state index contributed by atoms with van der Waals surface area (Å²) in [7, 11) is 6.70. The van der Waals surface area contributed by atoms with Gasteiger partial charge in [0.05, 0.1) is 26.7 Å². The summed E-state index contributed by atoms with van der Waals surface area (Å²) in [5.74, 6) is 0. The molecule has 3 rings (SSSR count). The largest absolute Gasteiger partial charge is 0.394 e. The van der Waals surface area contributed by atoms with Crippen LogP contribution in [0, 0.1) is 0 Å². The Hall–Kier alpha value is -0.395. The quantitative estimate of drug-likeness (QED) is 0.719. The van der Waals surface area contributed by atoms with Crippen molar-refractivity contribution in [2.45, 2.75) is 87.5 Å². The number of hydrogen-bond acceptors (Lipinski definition) is 5. The van der Waals surface area contributed by atoms with Gasteiger partial charge in [0.25, 0.3) is 0 Å². The maximum absolute atomic E-state index is 10.0. The van der Waals surface area contributed by atoms with Crippen LogP contribution in [0.3, 0.4) is 0 Å². The van der Waals surface area contributed by atoms with Gasteiger partial charge >= 0.3 is 0 Å². The molecule has 0 unspecified atom stereocenters. The van der Waals surface area contributed by atoms with E-state index >= 15 is 0 Å². The van der Waals surface area contributed by atoms with Crippen LogP contribution in [0.2, 0.25) is 5.31 Å². The maximum atomic E-state index is 10.0. The first-order chi connectivity index (χ1) is 12.0. The highest BCUT2D eigenvalue weighted by molar-refractivity contribution is 7.10. The molecule has 25 heavy (non-hydrogen) atoms. The van der Waals surface area contributed by atoms with Crippen molar-refractivity contribution in [3.63, 3.8) is 0 Å². The molecule has 2 aliphatic rings. The molecule has 4 atom stereocenters. The van der Waals surface area contributed by atoms with Gasteiger partial charge in [0.1, 0.15) is 12.2 Å². The van der Waals surface area contributed by atoms with E-state index in [1.54, 1.807) is 11.3 Å². The third kappa shape index (κ3) is 4.86. The monoisotopic (exact) mass is 364 g/mol. The minimum Gasteiger partial charge on any atom is -0.394 e. The molecule has 6 heteroatoms. The third-order valence-corrected chi connectivity index (χ3v) is 6.72. The zero-order valence-electron chi connectivity index (χ0n) is 14.8. The third-order valence-electron chi connectivity index (χ3n) is 5.65. The summed E-state index contributed by atoms with van der Waals surface area (Å²) in [5.41, 5.74) is 1.23. The number of ether oxygens (including phenoxy) is 1. The Bertz CT molecular complexity index is 541. The highest BCUT2D eigenvalue weighted by Gasteiger charge is 2.37. The second-order valence-corrected chi connectivity index (χ2v) is 8.75. The normalized spacial score (nSPS) is 33.6. The lowest BCUT2D eigenvalue weighted by molar-refractivity contribution is -0.180. The van der Waals surface area contributed by atoms with Crippen LogP contribution in [0.15, 0.2) is 11.4 Å². The van der Waals surface area contributed by atoms with Gasteiger partial charge in [-0.15, -0.1) is 11.3 Å². The molecule has 138 valence electrons. The van der Waals surface area contributed by atoms with E-state index in [-0.39, 0.29) is 18.0 Å². The maximum Gasteiger partial charge on any atom is 0.110 e. The van der Waals surface area contributed by atoms with Crippen molar-refractivity contribution in [1.82, 2.24) is 0 Å². The summed E-state index contributed by atoms with van der Waals surface area (Å²) in [4.78, 5) is 1.04. The van der Waals surface area contributed by atoms with Crippen LogP contribution < -0.4 is 0 Å². The van der Waals surface area contributed by atoms with Crippen LogP contribution in [-0.2, 0) is 11.2 Å². The topological polar surface area (TPSA) is 69.9 Å². The van der Waals surface area contributed by atoms with Gasteiger partial charge in [-0.3, -0.25) is 0 Å². The van der Waals surface area contributed by atoms with Crippen molar-refractivity contribution in [2.75, 3.05) is 6.61 Å². The van der Waals surface area contributed by atoms with E-state index in [1.807, 2.05) is 0 Å². The molecule has 2 heterocycles. The minimum atomic E-state index is -1.03. The van der Waals surface area contributed by atoms with Crippen LogP contribution in [0.4, 0.5) is 0 Å². The summed E-state index contributed by atoms with van der Waals surface area (Å²) in [6.45, 7) is -0.293. The van der Waals surface area contributed by atoms with Gasteiger partial charge < -0.3 is 20.1 Å². The van der Waals surface area contributed by atoms with E-state index in [9.17, 15) is 15.3 Å². The van der Waals surface area contributed by atoms with E-state index < -0.39 is 18.3 Å². The van der Waals surface area contributed by atoms with Crippen LogP contribution >= 0.6 is 11.3 Å². The van der Waals surface area contributed by atoms with Crippen molar-refractivity contribution in [3.05, 3.63) is 21.9 Å². The fourth-order valence-corrected chi connectivity index (χ4v) is 5.10. The van der Waals surface area contributed by atoms with Crippen molar-refractivity contribution in [2.24, 2.45) is 0 Å². The Morgan fingerprint density at radius 1 is 1.16 bits per heavy atom. The lowest BCUT2D eigenvalue weighted by Gasteiger charge is -2.36. The lowest BCUT2D eigenvalue weighted by Crippen LogP contribution is -2.47. The van der Waals surface area contributed by atoms with Crippen molar-refractivity contribution in [3.8, 4) is 0 Å². The molecule has 2 radical (unpaired) electrons. The summed E-state index contributed by atoms with van der Waals surface area (Å²) >= 11 is 1.61. The molecule has 1 aliphatic heterocycles. The molecule has 1 aromatic rings. The first-order valence-electron chi connectivity index (χ1n) is 9.49. The Morgan fingerprint density at radius 3 is 2.52 bits per heavy atom. The smallest absolute Gasteiger partial charge is 0.110 e. The van der Waals surface area contributed by atoms with Crippen molar-refractivity contribution in [1.29, 1.82) is 0 Å². The molecule has 1 saturated heterocycles. The standard InChI is InChI=1S/C19H29BO4S/c20-19(6-4-2-1-3-5-7-19)10-13-8-17(25-12-13)15-9-14(22)18(23)16(11-21)24-15/h8,12,14-16,18,21-23H,1-7,9-11H2/t14-,15-,16-,18+/m1/s1. The minimum absolute atomic E-state index is 0.116. The second kappa shape index (κ2) is 8.53. The van der Waals surface area contributed by atoms with Gasteiger partial charge in [0.2, 0.25) is 0 Å². The summed E-state index contributed by atoms with van der Waals surface area (Å²) in [6, 6.07) is 2.13. The SMILES string of the molecule is [B]C1(Cc2csc([C@H]3C[C@@H](O)[C@H](O)[C@@H](CO)O3)c2)CCCCCCC1. The average molecular weight is 364 g/mol. The van der Waals surface area contributed by atoms with E-state index in [0.717, 1.165) is 24.1 Å². The van der Waals surface area contributed by atoms with Crippen molar-refractivity contribution >= 4 is 19.2 Å². The molecule has 0 amide bonds. The van der Waals surface area contributed by atoms with Gasteiger partial charge in [-0.1, -0.05) is 50.3 Å². The van der Waals surface area contributed by atoms with Crippen LogP contribution in [0.5, 0.6) is 0 Å². The van der Waals surface area contributed by atoms with Crippen LogP contribution in [0.1, 0.15) is 67.9 Å². The van der Waals surface area contributed by atoms with Gasteiger partial charge in [0, 0.05) is 11.3 Å². The van der Waals surface area contributed by atoms with E-state index in [0.29, 0.717) is 6.42 Å². The van der Waals surface area contributed by atoms with Crippen molar-refractivity contribution < 1.29 is 20.1 Å². The van der Waals surface area contributed by atoms with E-state index in [1.165, 1.54) is 37.7 Å². The zero-order valence-corrected chi connectivity index (χ0v) is 15.6. The summed E-state index contributed by atoms with van der Waals surface area (Å²) in [5, 5.41) is 31.2. The first kappa shape index (κ1) is 19.4. The fourth-order valence-electron chi connectivity index (χ4n) is 4.14. The van der Waals surface area contributed by atoms with Crippen LogP contribution in [-0.4, -0.2) is 48.1 Å². The molecule has 0 spiro atoms. The lowest BCUT2D eigenvalue weighted by atomic mass is 9.59. The molecule has 0 aromatic carbocycles. The number of rotatable bonds is 4. The molecule has 0 bridgehead atoms. The van der Waals surface area contributed by atoms with Gasteiger partial charge in [-0.25, -0.2) is 0 Å². The van der Waals surface area contributed by atoms with E-state index in [2.05, 4.69) is 11.4 Å². The van der Waals surface area contributed by atoms with Gasteiger partial charge in [-0.05, 0) is 23.4 Å². The molecular weight excluding hydrogens is 335 g/mol. The molecule has 4 nitrogen and oxygen atoms in total. The first-order valence-corrected chi connectivity index (χ1v) is 10.4. The fraction of sp³-hybridized carbons (Fsp3) is 0.789. The number of thiophene rings is 1.